The Kier molecular flexibility index (Phi) is 35.2. The van der Waals surface area contributed by atoms with Crippen molar-refractivity contribution in [3.05, 3.63) is 0 Å². The molecule has 1 aliphatic rings. The molecule has 1 rings (SSSR count). The Morgan fingerprint density at radius 1 is 0.295 bits per heavy atom. The van der Waals surface area contributed by atoms with E-state index in [4.69, 9.17) is 0 Å². The summed E-state index contributed by atoms with van der Waals surface area (Å²) < 4.78 is 0. The first-order chi connectivity index (χ1) is 21.6. The molecule has 0 amide bonds. The maximum atomic E-state index is 12.1. The molecule has 0 atom stereocenters. The van der Waals surface area contributed by atoms with E-state index in [9.17, 15) is 19.2 Å². The third-order valence-electron chi connectivity index (χ3n) is 5.93. The number of rotatable bonds is 0. The minimum Gasteiger partial charge on any atom is -0.300 e. The van der Waals surface area contributed by atoms with Gasteiger partial charge in [-0.05, 0) is 37.2 Å². The van der Waals surface area contributed by atoms with Gasteiger partial charge in [0.15, 0.2) is 15.3 Å². The van der Waals surface area contributed by atoms with Gasteiger partial charge in [-0.25, -0.2) is 0 Å². The Balaban J connectivity index is 2.19. The van der Waals surface area contributed by atoms with Gasteiger partial charge in [-0.3, -0.25) is 19.2 Å². The van der Waals surface area contributed by atoms with Gasteiger partial charge in [0.25, 0.3) is 0 Å². The number of hydrogen-bond acceptors (Lipinski definition) is 14. The molecule has 0 aromatic rings. The number of carbonyl (C=O) groups is 4. The van der Waals surface area contributed by atoms with Gasteiger partial charge in [-0.2, -0.15) is 82.3 Å². The lowest BCUT2D eigenvalue weighted by Crippen LogP contribution is -2.02. The predicted octanol–water partition coefficient (Wildman–Crippen LogP) is 8.99. The zero-order valence-corrected chi connectivity index (χ0v) is 34.3. The molecule has 0 aromatic carbocycles. The van der Waals surface area contributed by atoms with Crippen LogP contribution in [-0.4, -0.2) is 119 Å². The maximum absolute atomic E-state index is 12.1. The Morgan fingerprint density at radius 2 is 0.636 bits per heavy atom. The van der Waals surface area contributed by atoms with E-state index >= 15 is 0 Å². The molecule has 0 spiro atoms. The largest absolute Gasteiger partial charge is 0.300 e. The predicted molar refractivity (Wildman–Crippen MR) is 220 cm³/mol. The zero-order valence-electron chi connectivity index (χ0n) is 26.1. The minimum absolute atomic E-state index is 0.249. The molecule has 1 saturated heterocycles. The molecule has 0 unspecified atom stereocenters. The van der Waals surface area contributed by atoms with Crippen LogP contribution in [0.5, 0.6) is 0 Å². The Labute approximate surface area is 310 Å². The van der Waals surface area contributed by atoms with E-state index in [1.165, 1.54) is 58.3 Å². The summed E-state index contributed by atoms with van der Waals surface area (Å²) in [7, 11) is 0. The molecule has 1 heterocycles. The molecule has 256 valence electrons. The molecule has 1 fully saturated rings. The molecular weight excluding hydrogens is 745 g/mol. The summed E-state index contributed by atoms with van der Waals surface area (Å²) in [6.45, 7) is 0. The fourth-order valence-corrected chi connectivity index (χ4v) is 13.9. The van der Waals surface area contributed by atoms with Crippen molar-refractivity contribution in [3.63, 3.8) is 0 Å². The van der Waals surface area contributed by atoms with Crippen molar-refractivity contribution in [1.82, 2.24) is 0 Å². The minimum atomic E-state index is 0.249. The van der Waals surface area contributed by atoms with E-state index < -0.39 is 0 Å². The van der Waals surface area contributed by atoms with Crippen LogP contribution < -0.4 is 0 Å². The van der Waals surface area contributed by atoms with Gasteiger partial charge in [0.1, 0.15) is 5.78 Å². The van der Waals surface area contributed by atoms with Crippen LogP contribution >= 0.6 is 118 Å². The van der Waals surface area contributed by atoms with Crippen LogP contribution in [0.25, 0.3) is 0 Å². The molecule has 0 saturated carbocycles. The van der Waals surface area contributed by atoms with Crippen molar-refractivity contribution >= 4 is 139 Å². The van der Waals surface area contributed by atoms with E-state index in [0.29, 0.717) is 42.3 Å². The second-order valence-corrected chi connectivity index (χ2v) is 21.6. The van der Waals surface area contributed by atoms with Crippen LogP contribution in [0, 0.1) is 0 Å². The Bertz CT molecular complexity index is 685. The lowest BCUT2D eigenvalue weighted by molar-refractivity contribution is -0.119. The molecule has 0 N–H and O–H groups in total. The molecule has 0 bridgehead atoms. The summed E-state index contributed by atoms with van der Waals surface area (Å²) in [5.41, 5.74) is 0. The van der Waals surface area contributed by atoms with Crippen LogP contribution in [0.4, 0.5) is 0 Å². The highest BCUT2D eigenvalue weighted by atomic mass is 32.2. The summed E-state index contributed by atoms with van der Waals surface area (Å²) in [5.74, 6) is 17.8. The van der Waals surface area contributed by atoms with Crippen molar-refractivity contribution in [2.24, 2.45) is 0 Å². The first-order valence-electron chi connectivity index (χ1n) is 15.6. The van der Waals surface area contributed by atoms with Gasteiger partial charge in [0, 0.05) is 106 Å². The molecule has 4 nitrogen and oxygen atoms in total. The molecule has 0 aliphatic carbocycles. The fourth-order valence-electron chi connectivity index (χ4n) is 3.65. The molecule has 14 heteroatoms. The van der Waals surface area contributed by atoms with Crippen molar-refractivity contribution in [2.75, 3.05) is 97.8 Å². The van der Waals surface area contributed by atoms with E-state index in [2.05, 4.69) is 0 Å². The highest BCUT2D eigenvalue weighted by Gasteiger charge is 2.07. The Morgan fingerprint density at radius 3 is 1.07 bits per heavy atom. The number of carbonyl (C=O) groups excluding carboxylic acids is 4. The van der Waals surface area contributed by atoms with E-state index in [0.717, 1.165) is 101 Å². The van der Waals surface area contributed by atoms with Crippen molar-refractivity contribution in [2.45, 2.75) is 57.8 Å². The van der Waals surface area contributed by atoms with Gasteiger partial charge in [-0.1, -0.05) is 41.7 Å². The standard InChI is InChI=1S/C30H52O4S10/c31-27-6-4-10-35-12-13-36-14-15-37-16-17-38-20-23-42-28(32)8-2-1-3-9-29(33)43-24-21-39-18-19-40-22-25-44-30(34)26-41-11-5-7-27/h1-26H2. The van der Waals surface area contributed by atoms with Crippen LogP contribution in [0.15, 0.2) is 0 Å². The topological polar surface area (TPSA) is 68.3 Å². The second-order valence-electron chi connectivity index (χ2n) is 9.69. The second kappa shape index (κ2) is 35.0. The van der Waals surface area contributed by atoms with Gasteiger partial charge >= 0.3 is 0 Å². The molecule has 0 aromatic heterocycles. The zero-order chi connectivity index (χ0) is 31.8. The van der Waals surface area contributed by atoms with Gasteiger partial charge in [-0.15, -0.1) is 0 Å². The van der Waals surface area contributed by atoms with E-state index in [-0.39, 0.29) is 10.2 Å². The quantitative estimate of drug-likeness (QED) is 0.234. The Hall–Kier alpha value is 2.18. The maximum Gasteiger partial charge on any atom is 0.198 e. The van der Waals surface area contributed by atoms with Crippen molar-refractivity contribution in [3.8, 4) is 0 Å². The SMILES string of the molecule is O=C1CCCSCCSCCSCCSCCSC(=O)CCCCCC(=O)SCCSCCSCCSC(=O)CSCCC1. The number of ketones is 1. The van der Waals surface area contributed by atoms with Gasteiger partial charge in [0.05, 0.1) is 5.75 Å². The first kappa shape index (κ1) is 44.2. The van der Waals surface area contributed by atoms with E-state index in [1.54, 1.807) is 11.8 Å². The monoisotopic (exact) mass is 796 g/mol. The summed E-state index contributed by atoms with van der Waals surface area (Å²) in [6, 6.07) is 0. The smallest absolute Gasteiger partial charge is 0.198 e. The summed E-state index contributed by atoms with van der Waals surface area (Å²) in [6.07, 6.45) is 7.18. The lowest BCUT2D eigenvalue weighted by atomic mass is 10.1. The third kappa shape index (κ3) is 32.7. The number of Topliss-reactive ketones (excluding diaryl/α,β-unsaturated/α-hetero) is 1. The first-order valence-corrected chi connectivity index (χ1v) is 26.6. The van der Waals surface area contributed by atoms with Crippen LogP contribution in [0.1, 0.15) is 57.8 Å². The highest BCUT2D eigenvalue weighted by Crippen LogP contribution is 2.19. The fraction of sp³-hybridized carbons (Fsp3) is 0.867. The molecule has 1 aliphatic heterocycles. The van der Waals surface area contributed by atoms with Crippen LogP contribution in [0.2, 0.25) is 0 Å². The average molecular weight is 797 g/mol. The van der Waals surface area contributed by atoms with Crippen LogP contribution in [0.3, 0.4) is 0 Å². The molecule has 44 heavy (non-hydrogen) atoms. The number of thioether (sulfide) groups is 10. The van der Waals surface area contributed by atoms with E-state index in [1.807, 2.05) is 70.6 Å². The average Bonchev–Trinajstić information content (AvgIpc) is 3.00. The normalized spacial score (nSPS) is 23.1. The van der Waals surface area contributed by atoms with Crippen molar-refractivity contribution in [1.29, 1.82) is 0 Å². The summed E-state index contributed by atoms with van der Waals surface area (Å²) in [5, 5.41) is 0.826. The van der Waals surface area contributed by atoms with Crippen molar-refractivity contribution < 1.29 is 19.2 Å². The summed E-state index contributed by atoms with van der Waals surface area (Å²) >= 11 is 17.8. The van der Waals surface area contributed by atoms with Gasteiger partial charge < -0.3 is 0 Å². The third-order valence-corrected chi connectivity index (χ3v) is 17.7. The summed E-state index contributed by atoms with van der Waals surface area (Å²) in [4.78, 5) is 48.5. The number of hydrogen-bond donors (Lipinski definition) is 0. The molecular formula is C30H52O4S10. The highest BCUT2D eigenvalue weighted by molar-refractivity contribution is 8.16. The lowest BCUT2D eigenvalue weighted by Gasteiger charge is -2.05. The van der Waals surface area contributed by atoms with Crippen LogP contribution in [-0.2, 0) is 19.2 Å². The van der Waals surface area contributed by atoms with Gasteiger partial charge in [0.2, 0.25) is 0 Å². The molecule has 0 radical (unpaired) electrons.